The zero-order valence-corrected chi connectivity index (χ0v) is 7.58. The van der Waals surface area contributed by atoms with Crippen LogP contribution in [-0.2, 0) is 9.53 Å². The molecule has 1 aliphatic heterocycles. The Kier molecular flexibility index (Phi) is 3.85. The number of rotatable bonds is 4. The molecule has 1 saturated heterocycles. The molecule has 1 rings (SSSR count). The number of carbonyl (C=O) groups is 1. The molecule has 0 unspecified atom stereocenters. The molecule has 0 bridgehead atoms. The highest BCUT2D eigenvalue weighted by Crippen LogP contribution is 2.18. The van der Waals surface area contributed by atoms with Crippen LogP contribution < -0.4 is 0 Å². The first kappa shape index (κ1) is 9.30. The zero-order chi connectivity index (χ0) is 8.81. The van der Waals surface area contributed by atoms with Crippen molar-refractivity contribution in [3.05, 3.63) is 12.2 Å². The summed E-state index contributed by atoms with van der Waals surface area (Å²) in [6.45, 7) is 2.12. The molecule has 1 aliphatic rings. The zero-order valence-electron chi connectivity index (χ0n) is 7.58. The molecule has 0 aromatic carbocycles. The van der Waals surface area contributed by atoms with Gasteiger partial charge in [0.15, 0.2) is 0 Å². The molecule has 0 aromatic rings. The lowest BCUT2D eigenvalue weighted by atomic mass is 10.1. The third-order valence-corrected chi connectivity index (χ3v) is 2.03. The fourth-order valence-electron chi connectivity index (χ4n) is 1.35. The maximum absolute atomic E-state index is 10.7. The summed E-state index contributed by atoms with van der Waals surface area (Å²) >= 11 is 0. The molecule has 0 amide bonds. The first-order valence-corrected chi connectivity index (χ1v) is 4.67. The normalized spacial score (nSPS) is 23.4. The van der Waals surface area contributed by atoms with E-state index in [4.69, 9.17) is 4.74 Å². The molecule has 2 heteroatoms. The van der Waals surface area contributed by atoms with Crippen molar-refractivity contribution in [1.82, 2.24) is 0 Å². The summed E-state index contributed by atoms with van der Waals surface area (Å²) in [6, 6.07) is 0. The smallest absolute Gasteiger partial charge is 0.306 e. The number of esters is 1. The average Bonchev–Trinajstić information content (AvgIpc) is 2.45. The first-order valence-electron chi connectivity index (χ1n) is 4.67. The van der Waals surface area contributed by atoms with Crippen LogP contribution in [0.25, 0.3) is 0 Å². The SMILES string of the molecule is CCC=CCC[C@@H]1CCC(=O)O1. The monoisotopic (exact) mass is 168 g/mol. The summed E-state index contributed by atoms with van der Waals surface area (Å²) in [5, 5.41) is 0. The Balaban J connectivity index is 2.08. The second kappa shape index (κ2) is 4.96. The molecule has 0 aromatic heterocycles. The Morgan fingerprint density at radius 1 is 1.58 bits per heavy atom. The van der Waals surface area contributed by atoms with Crippen LogP contribution in [0.2, 0.25) is 0 Å². The highest BCUT2D eigenvalue weighted by molar-refractivity contribution is 5.71. The second-order valence-corrected chi connectivity index (χ2v) is 3.11. The van der Waals surface area contributed by atoms with E-state index in [-0.39, 0.29) is 12.1 Å². The predicted octanol–water partition coefficient (Wildman–Crippen LogP) is 2.44. The highest BCUT2D eigenvalue weighted by Gasteiger charge is 2.21. The third kappa shape index (κ3) is 3.07. The van der Waals surface area contributed by atoms with E-state index in [0.29, 0.717) is 6.42 Å². The molecule has 68 valence electrons. The molecule has 0 spiro atoms. The molecule has 1 heterocycles. The van der Waals surface area contributed by atoms with Crippen LogP contribution in [0, 0.1) is 0 Å². The number of hydrogen-bond acceptors (Lipinski definition) is 2. The van der Waals surface area contributed by atoms with E-state index in [9.17, 15) is 4.79 Å². The van der Waals surface area contributed by atoms with Gasteiger partial charge >= 0.3 is 5.97 Å². The van der Waals surface area contributed by atoms with Gasteiger partial charge in [0.2, 0.25) is 0 Å². The highest BCUT2D eigenvalue weighted by atomic mass is 16.5. The standard InChI is InChI=1S/C10H16O2/c1-2-3-4-5-6-9-7-8-10(11)12-9/h3-4,9H,2,5-8H2,1H3/t9-/m1/s1. The van der Waals surface area contributed by atoms with Crippen molar-refractivity contribution in [2.75, 3.05) is 0 Å². The van der Waals surface area contributed by atoms with Gasteiger partial charge in [0.1, 0.15) is 6.10 Å². The molecule has 0 N–H and O–H groups in total. The van der Waals surface area contributed by atoms with Gasteiger partial charge in [-0.15, -0.1) is 0 Å². The molecule has 2 nitrogen and oxygen atoms in total. The molecule has 0 radical (unpaired) electrons. The number of allylic oxidation sites excluding steroid dienone is 2. The fraction of sp³-hybridized carbons (Fsp3) is 0.700. The van der Waals surface area contributed by atoms with Crippen molar-refractivity contribution < 1.29 is 9.53 Å². The number of ether oxygens (including phenoxy) is 1. The molecule has 0 aliphatic carbocycles. The third-order valence-electron chi connectivity index (χ3n) is 2.03. The summed E-state index contributed by atoms with van der Waals surface area (Å²) in [4.78, 5) is 10.7. The predicted molar refractivity (Wildman–Crippen MR) is 47.8 cm³/mol. The second-order valence-electron chi connectivity index (χ2n) is 3.11. The quantitative estimate of drug-likeness (QED) is 0.476. The van der Waals surface area contributed by atoms with Crippen LogP contribution in [0.1, 0.15) is 39.0 Å². The maximum Gasteiger partial charge on any atom is 0.306 e. The maximum atomic E-state index is 10.7. The number of cyclic esters (lactones) is 1. The van der Waals surface area contributed by atoms with Gasteiger partial charge in [-0.3, -0.25) is 4.79 Å². The molecular weight excluding hydrogens is 152 g/mol. The van der Waals surface area contributed by atoms with Crippen molar-refractivity contribution in [2.45, 2.75) is 45.1 Å². The first-order chi connectivity index (χ1) is 5.83. The van der Waals surface area contributed by atoms with Crippen LogP contribution >= 0.6 is 0 Å². The van der Waals surface area contributed by atoms with E-state index in [1.807, 2.05) is 0 Å². The van der Waals surface area contributed by atoms with Crippen molar-refractivity contribution in [3.63, 3.8) is 0 Å². The minimum Gasteiger partial charge on any atom is -0.462 e. The van der Waals surface area contributed by atoms with Crippen LogP contribution in [0.3, 0.4) is 0 Å². The van der Waals surface area contributed by atoms with Crippen LogP contribution in [0.15, 0.2) is 12.2 Å². The topological polar surface area (TPSA) is 26.3 Å². The van der Waals surface area contributed by atoms with E-state index in [0.717, 1.165) is 25.7 Å². The fourth-order valence-corrected chi connectivity index (χ4v) is 1.35. The van der Waals surface area contributed by atoms with Gasteiger partial charge < -0.3 is 4.74 Å². The van der Waals surface area contributed by atoms with E-state index in [2.05, 4.69) is 19.1 Å². The average molecular weight is 168 g/mol. The lowest BCUT2D eigenvalue weighted by Gasteiger charge is -2.05. The summed E-state index contributed by atoms with van der Waals surface area (Å²) in [5.74, 6) is -0.0283. The van der Waals surface area contributed by atoms with Gasteiger partial charge in [-0.2, -0.15) is 0 Å². The van der Waals surface area contributed by atoms with Crippen molar-refractivity contribution in [1.29, 1.82) is 0 Å². The molecule has 1 atom stereocenters. The Hall–Kier alpha value is -0.790. The van der Waals surface area contributed by atoms with Gasteiger partial charge in [0, 0.05) is 6.42 Å². The van der Waals surface area contributed by atoms with Crippen LogP contribution in [0.5, 0.6) is 0 Å². The van der Waals surface area contributed by atoms with Gasteiger partial charge in [-0.1, -0.05) is 19.1 Å². The van der Waals surface area contributed by atoms with Gasteiger partial charge in [-0.25, -0.2) is 0 Å². The Labute approximate surface area is 73.6 Å². The van der Waals surface area contributed by atoms with Crippen LogP contribution in [-0.4, -0.2) is 12.1 Å². The van der Waals surface area contributed by atoms with Crippen molar-refractivity contribution >= 4 is 5.97 Å². The van der Waals surface area contributed by atoms with E-state index >= 15 is 0 Å². The van der Waals surface area contributed by atoms with E-state index in [1.165, 1.54) is 0 Å². The van der Waals surface area contributed by atoms with Gasteiger partial charge in [0.25, 0.3) is 0 Å². The minimum atomic E-state index is -0.0283. The van der Waals surface area contributed by atoms with Crippen molar-refractivity contribution in [2.24, 2.45) is 0 Å². The molecule has 0 saturated carbocycles. The summed E-state index contributed by atoms with van der Waals surface area (Å²) < 4.78 is 5.07. The Morgan fingerprint density at radius 2 is 2.42 bits per heavy atom. The van der Waals surface area contributed by atoms with E-state index < -0.39 is 0 Å². The van der Waals surface area contributed by atoms with Gasteiger partial charge in [-0.05, 0) is 25.7 Å². The van der Waals surface area contributed by atoms with Gasteiger partial charge in [0.05, 0.1) is 0 Å². The number of hydrogen-bond donors (Lipinski definition) is 0. The Morgan fingerprint density at radius 3 is 3.00 bits per heavy atom. The van der Waals surface area contributed by atoms with E-state index in [1.54, 1.807) is 0 Å². The molecular formula is C10H16O2. The lowest BCUT2D eigenvalue weighted by molar-refractivity contribution is -0.141. The Bertz CT molecular complexity index is 173. The lowest BCUT2D eigenvalue weighted by Crippen LogP contribution is -2.05. The summed E-state index contributed by atoms with van der Waals surface area (Å²) in [6.07, 6.45) is 9.14. The van der Waals surface area contributed by atoms with Crippen molar-refractivity contribution in [3.8, 4) is 0 Å². The summed E-state index contributed by atoms with van der Waals surface area (Å²) in [7, 11) is 0. The van der Waals surface area contributed by atoms with Crippen LogP contribution in [0.4, 0.5) is 0 Å². The molecule has 1 fully saturated rings. The largest absolute Gasteiger partial charge is 0.462 e. The number of carbonyl (C=O) groups excluding carboxylic acids is 1. The minimum absolute atomic E-state index is 0.0283. The molecule has 12 heavy (non-hydrogen) atoms. The summed E-state index contributed by atoms with van der Waals surface area (Å²) in [5.41, 5.74) is 0.